The molecule has 0 amide bonds. The highest BCUT2D eigenvalue weighted by atomic mass is 15.2. The number of pyridine rings is 1. The van der Waals surface area contributed by atoms with Crippen LogP contribution in [0.15, 0.2) is 48.7 Å². The monoisotopic (exact) mass is 334 g/mol. The number of H-pyrrole nitrogens is 1. The molecule has 0 aliphatic carbocycles. The number of aromatic amines is 1. The van der Waals surface area contributed by atoms with Crippen LogP contribution in [0.4, 0.5) is 0 Å². The number of nitrogens with zero attached hydrogens (tertiary/aromatic N) is 3. The Bertz CT molecular complexity index is 821. The van der Waals surface area contributed by atoms with Gasteiger partial charge in [-0.05, 0) is 50.2 Å². The summed E-state index contributed by atoms with van der Waals surface area (Å²) >= 11 is 0. The van der Waals surface area contributed by atoms with Gasteiger partial charge in [-0.15, -0.1) is 0 Å². The molecule has 1 aromatic carbocycles. The van der Waals surface area contributed by atoms with Crippen LogP contribution in [0.3, 0.4) is 0 Å². The molecule has 3 heterocycles. The Morgan fingerprint density at radius 1 is 0.880 bits per heavy atom. The predicted molar refractivity (Wildman–Crippen MR) is 102 cm³/mol. The van der Waals surface area contributed by atoms with Gasteiger partial charge in [0.25, 0.3) is 0 Å². The molecule has 1 aliphatic heterocycles. The SMILES string of the molecule is Cc1ccc(CN2CCCN(Cc3ccc4cc[nH]c4n3)CC2)cc1. The van der Waals surface area contributed by atoms with Crippen molar-refractivity contribution in [2.45, 2.75) is 26.4 Å². The van der Waals surface area contributed by atoms with Crippen molar-refractivity contribution in [3.63, 3.8) is 0 Å². The van der Waals surface area contributed by atoms with Crippen LogP contribution in [0.5, 0.6) is 0 Å². The first kappa shape index (κ1) is 16.3. The van der Waals surface area contributed by atoms with E-state index in [-0.39, 0.29) is 0 Å². The topological polar surface area (TPSA) is 35.2 Å². The van der Waals surface area contributed by atoms with Crippen LogP contribution in [0.25, 0.3) is 11.0 Å². The maximum atomic E-state index is 4.74. The minimum Gasteiger partial charge on any atom is -0.346 e. The second-order valence-corrected chi connectivity index (χ2v) is 7.11. The lowest BCUT2D eigenvalue weighted by Crippen LogP contribution is -2.30. The van der Waals surface area contributed by atoms with Crippen LogP contribution < -0.4 is 0 Å². The second-order valence-electron chi connectivity index (χ2n) is 7.11. The number of aromatic nitrogens is 2. The summed E-state index contributed by atoms with van der Waals surface area (Å²) in [4.78, 5) is 13.1. The molecule has 1 fully saturated rings. The predicted octanol–water partition coefficient (Wildman–Crippen LogP) is 3.58. The van der Waals surface area contributed by atoms with E-state index in [1.54, 1.807) is 0 Å². The van der Waals surface area contributed by atoms with Gasteiger partial charge < -0.3 is 4.98 Å². The van der Waals surface area contributed by atoms with E-state index < -0.39 is 0 Å². The van der Waals surface area contributed by atoms with Crippen LogP contribution in [0, 0.1) is 6.92 Å². The van der Waals surface area contributed by atoms with Crippen LogP contribution in [0.2, 0.25) is 0 Å². The summed E-state index contributed by atoms with van der Waals surface area (Å²) in [7, 11) is 0. The fourth-order valence-electron chi connectivity index (χ4n) is 3.58. The number of nitrogens with one attached hydrogen (secondary N) is 1. The van der Waals surface area contributed by atoms with E-state index in [2.05, 4.69) is 64.2 Å². The molecule has 0 spiro atoms. The van der Waals surface area contributed by atoms with E-state index >= 15 is 0 Å². The molecule has 2 aromatic heterocycles. The summed E-state index contributed by atoms with van der Waals surface area (Å²) in [6, 6.07) is 15.3. The van der Waals surface area contributed by atoms with Gasteiger partial charge in [0.05, 0.1) is 5.69 Å². The molecule has 0 bridgehead atoms. The zero-order chi connectivity index (χ0) is 17.1. The van der Waals surface area contributed by atoms with Crippen molar-refractivity contribution >= 4 is 11.0 Å². The number of hydrogen-bond acceptors (Lipinski definition) is 3. The van der Waals surface area contributed by atoms with Crippen molar-refractivity contribution in [2.24, 2.45) is 0 Å². The summed E-state index contributed by atoms with van der Waals surface area (Å²) in [5.74, 6) is 0. The summed E-state index contributed by atoms with van der Waals surface area (Å²) in [5.41, 5.74) is 4.89. The van der Waals surface area contributed by atoms with Gasteiger partial charge in [0.15, 0.2) is 0 Å². The van der Waals surface area contributed by atoms with Crippen molar-refractivity contribution in [1.82, 2.24) is 19.8 Å². The van der Waals surface area contributed by atoms with Crippen molar-refractivity contribution in [2.75, 3.05) is 26.2 Å². The van der Waals surface area contributed by atoms with E-state index in [0.29, 0.717) is 0 Å². The van der Waals surface area contributed by atoms with Gasteiger partial charge in [-0.2, -0.15) is 0 Å². The van der Waals surface area contributed by atoms with Crippen LogP contribution in [0.1, 0.15) is 23.2 Å². The van der Waals surface area contributed by atoms with Crippen LogP contribution in [-0.2, 0) is 13.1 Å². The smallest absolute Gasteiger partial charge is 0.137 e. The molecular formula is C21H26N4. The van der Waals surface area contributed by atoms with Gasteiger partial charge in [-0.3, -0.25) is 9.80 Å². The maximum Gasteiger partial charge on any atom is 0.137 e. The third kappa shape index (κ3) is 4.09. The highest BCUT2D eigenvalue weighted by molar-refractivity contribution is 5.75. The molecule has 3 aromatic rings. The Balaban J connectivity index is 1.35. The van der Waals surface area contributed by atoms with Gasteiger partial charge in [-0.1, -0.05) is 29.8 Å². The number of rotatable bonds is 4. The first-order valence-corrected chi connectivity index (χ1v) is 9.19. The van der Waals surface area contributed by atoms with Gasteiger partial charge in [0, 0.05) is 37.8 Å². The molecule has 0 radical (unpaired) electrons. The molecule has 0 unspecified atom stereocenters. The third-order valence-electron chi connectivity index (χ3n) is 5.06. The first-order valence-electron chi connectivity index (χ1n) is 9.19. The molecule has 130 valence electrons. The van der Waals surface area contributed by atoms with Crippen molar-refractivity contribution in [1.29, 1.82) is 0 Å². The van der Waals surface area contributed by atoms with Crippen LogP contribution >= 0.6 is 0 Å². The Hall–Kier alpha value is -2.17. The Kier molecular flexibility index (Phi) is 4.81. The number of hydrogen-bond donors (Lipinski definition) is 1. The molecule has 4 heteroatoms. The average Bonchev–Trinajstić information content (AvgIpc) is 2.98. The Morgan fingerprint density at radius 3 is 2.44 bits per heavy atom. The van der Waals surface area contributed by atoms with Gasteiger partial charge in [0.1, 0.15) is 5.65 Å². The van der Waals surface area contributed by atoms with E-state index in [1.807, 2.05) is 6.20 Å². The highest BCUT2D eigenvalue weighted by Gasteiger charge is 2.16. The standard InChI is InChI=1S/C21H26N4/c1-17-3-5-18(6-4-17)15-24-11-2-12-25(14-13-24)16-20-8-7-19-9-10-22-21(19)23-20/h3-10H,2,11-16H2,1H3,(H,22,23). The molecule has 0 atom stereocenters. The molecule has 1 aliphatic rings. The lowest BCUT2D eigenvalue weighted by molar-refractivity contribution is 0.245. The van der Waals surface area contributed by atoms with Gasteiger partial charge >= 0.3 is 0 Å². The lowest BCUT2D eigenvalue weighted by Gasteiger charge is -2.21. The fourth-order valence-corrected chi connectivity index (χ4v) is 3.58. The molecule has 25 heavy (non-hydrogen) atoms. The zero-order valence-corrected chi connectivity index (χ0v) is 14.9. The molecule has 1 N–H and O–H groups in total. The summed E-state index contributed by atoms with van der Waals surface area (Å²) < 4.78 is 0. The van der Waals surface area contributed by atoms with Crippen LogP contribution in [-0.4, -0.2) is 45.9 Å². The van der Waals surface area contributed by atoms with Gasteiger partial charge in [-0.25, -0.2) is 4.98 Å². The molecule has 0 saturated carbocycles. The molecule has 1 saturated heterocycles. The Labute approximate surface area is 149 Å². The van der Waals surface area contributed by atoms with Crippen molar-refractivity contribution < 1.29 is 0 Å². The van der Waals surface area contributed by atoms with E-state index in [0.717, 1.165) is 44.1 Å². The lowest BCUT2D eigenvalue weighted by atomic mass is 10.1. The number of fused-ring (bicyclic) bond motifs is 1. The average molecular weight is 334 g/mol. The van der Waals surface area contributed by atoms with Gasteiger partial charge in [0.2, 0.25) is 0 Å². The third-order valence-corrected chi connectivity index (χ3v) is 5.06. The largest absolute Gasteiger partial charge is 0.346 e. The maximum absolute atomic E-state index is 4.74. The van der Waals surface area contributed by atoms with Crippen molar-refractivity contribution in [3.8, 4) is 0 Å². The molecular weight excluding hydrogens is 308 g/mol. The van der Waals surface area contributed by atoms with Crippen molar-refractivity contribution in [3.05, 3.63) is 65.5 Å². The highest BCUT2D eigenvalue weighted by Crippen LogP contribution is 2.14. The summed E-state index contributed by atoms with van der Waals surface area (Å²) in [5, 5.41) is 1.18. The number of aryl methyl sites for hydroxylation is 1. The molecule has 4 rings (SSSR count). The van der Waals surface area contributed by atoms with E-state index in [1.165, 1.54) is 29.5 Å². The quantitative estimate of drug-likeness (QED) is 0.792. The van der Waals surface area contributed by atoms with E-state index in [9.17, 15) is 0 Å². The molecule has 4 nitrogen and oxygen atoms in total. The second kappa shape index (κ2) is 7.38. The summed E-state index contributed by atoms with van der Waals surface area (Å²) in [6.07, 6.45) is 3.17. The normalized spacial score (nSPS) is 17.0. The summed E-state index contributed by atoms with van der Waals surface area (Å²) in [6.45, 7) is 8.69. The minimum atomic E-state index is 0.938. The minimum absolute atomic E-state index is 0.938. The fraction of sp³-hybridized carbons (Fsp3) is 0.381. The first-order chi connectivity index (χ1) is 12.3. The zero-order valence-electron chi connectivity index (χ0n) is 14.9. The number of benzene rings is 1. The Morgan fingerprint density at radius 2 is 1.64 bits per heavy atom. The van der Waals surface area contributed by atoms with E-state index in [4.69, 9.17) is 4.98 Å².